The topological polar surface area (TPSA) is 18.5 Å². The number of rotatable bonds is 7. The highest BCUT2D eigenvalue weighted by molar-refractivity contribution is 5.40. The summed E-state index contributed by atoms with van der Waals surface area (Å²) >= 11 is 0. The van der Waals surface area contributed by atoms with E-state index in [9.17, 15) is 8.78 Å². The van der Waals surface area contributed by atoms with Crippen molar-refractivity contribution in [2.45, 2.75) is 61.3 Å². The van der Waals surface area contributed by atoms with Crippen LogP contribution >= 0.6 is 0 Å². The Hall–Kier alpha value is -2.10. The lowest BCUT2D eigenvalue weighted by molar-refractivity contribution is 0.263. The van der Waals surface area contributed by atoms with Crippen molar-refractivity contribution in [3.8, 4) is 11.5 Å². The maximum absolute atomic E-state index is 13.2. The van der Waals surface area contributed by atoms with Crippen LogP contribution in [0.3, 0.4) is 0 Å². The van der Waals surface area contributed by atoms with Gasteiger partial charge in [0.2, 0.25) is 0 Å². The van der Waals surface area contributed by atoms with Gasteiger partial charge in [-0.05, 0) is 80.6 Å². The highest BCUT2D eigenvalue weighted by atomic mass is 19.1. The first-order valence-corrected chi connectivity index (χ1v) is 9.76. The molecule has 27 heavy (non-hydrogen) atoms. The van der Waals surface area contributed by atoms with E-state index >= 15 is 0 Å². The van der Waals surface area contributed by atoms with Gasteiger partial charge in [0.15, 0.2) is 0 Å². The second-order valence-corrected chi connectivity index (χ2v) is 5.68. The van der Waals surface area contributed by atoms with Gasteiger partial charge in [0.05, 0.1) is 13.2 Å². The van der Waals surface area contributed by atoms with Gasteiger partial charge in [-0.3, -0.25) is 0 Å². The Morgan fingerprint density at radius 1 is 0.667 bits per heavy atom. The number of ether oxygens (including phenoxy) is 2. The van der Waals surface area contributed by atoms with Gasteiger partial charge >= 0.3 is 0 Å². The average molecular weight is 381 g/mol. The Morgan fingerprint density at radius 3 is 1.67 bits per heavy atom. The molecule has 0 atom stereocenters. The molecule has 2 aromatic carbocycles. The molecule has 0 fully saturated rings. The molecule has 0 heterocycles. The number of aryl methyl sites for hydroxylation is 3. The zero-order chi connectivity index (χ0) is 20.8. The lowest BCUT2D eigenvalue weighted by atomic mass is 10.1. The lowest BCUT2D eigenvalue weighted by Gasteiger charge is -2.13. The molecule has 0 aromatic heterocycles. The third-order valence-corrected chi connectivity index (χ3v) is 3.60. The first kappa shape index (κ1) is 24.9. The van der Waals surface area contributed by atoms with Gasteiger partial charge in [-0.2, -0.15) is 0 Å². The Balaban J connectivity index is 0.00000158. The molecule has 152 valence electrons. The van der Waals surface area contributed by atoms with Gasteiger partial charge in [0.25, 0.3) is 0 Å². The minimum Gasteiger partial charge on any atom is -0.493 e. The SMILES string of the molecule is CC.CC.Cc1cc(F)ccc1OCCCCOc1c(C)cc(F)cc1C. The maximum Gasteiger partial charge on any atom is 0.125 e. The number of unbranched alkanes of at least 4 members (excludes halogenated alkanes) is 1. The van der Waals surface area contributed by atoms with Crippen molar-refractivity contribution >= 4 is 0 Å². The fraction of sp³-hybridized carbons (Fsp3) is 0.478. The van der Waals surface area contributed by atoms with E-state index in [4.69, 9.17) is 9.47 Å². The van der Waals surface area contributed by atoms with Gasteiger partial charge in [-0.25, -0.2) is 8.78 Å². The smallest absolute Gasteiger partial charge is 0.125 e. The zero-order valence-electron chi connectivity index (χ0n) is 17.8. The summed E-state index contributed by atoms with van der Waals surface area (Å²) in [7, 11) is 0. The summed E-state index contributed by atoms with van der Waals surface area (Å²) in [5.74, 6) is 0.961. The van der Waals surface area contributed by atoms with E-state index in [1.165, 1.54) is 24.3 Å². The van der Waals surface area contributed by atoms with E-state index in [-0.39, 0.29) is 11.6 Å². The third-order valence-electron chi connectivity index (χ3n) is 3.60. The molecular weight excluding hydrogens is 346 g/mol. The summed E-state index contributed by atoms with van der Waals surface area (Å²) in [5, 5.41) is 0. The van der Waals surface area contributed by atoms with E-state index in [0.29, 0.717) is 19.0 Å². The molecule has 0 saturated heterocycles. The average Bonchev–Trinajstić information content (AvgIpc) is 2.64. The highest BCUT2D eigenvalue weighted by Gasteiger charge is 2.06. The fourth-order valence-electron chi connectivity index (χ4n) is 2.46. The van der Waals surface area contributed by atoms with Crippen molar-refractivity contribution < 1.29 is 18.3 Å². The van der Waals surface area contributed by atoms with Crippen LogP contribution in [0, 0.1) is 32.4 Å². The lowest BCUT2D eigenvalue weighted by Crippen LogP contribution is -2.05. The van der Waals surface area contributed by atoms with Crippen LogP contribution in [0.2, 0.25) is 0 Å². The van der Waals surface area contributed by atoms with Gasteiger partial charge < -0.3 is 9.47 Å². The number of hydrogen-bond acceptors (Lipinski definition) is 2. The van der Waals surface area contributed by atoms with Crippen molar-refractivity contribution in [3.63, 3.8) is 0 Å². The van der Waals surface area contributed by atoms with Gasteiger partial charge in [-0.1, -0.05) is 27.7 Å². The molecule has 0 aliphatic heterocycles. The minimum absolute atomic E-state index is 0.240. The van der Waals surface area contributed by atoms with Crippen LogP contribution in [-0.4, -0.2) is 13.2 Å². The Bertz CT molecular complexity index is 646. The van der Waals surface area contributed by atoms with Crippen molar-refractivity contribution in [3.05, 3.63) is 58.7 Å². The van der Waals surface area contributed by atoms with Crippen molar-refractivity contribution in [2.75, 3.05) is 13.2 Å². The molecule has 0 aliphatic carbocycles. The van der Waals surface area contributed by atoms with E-state index in [0.717, 1.165) is 35.3 Å². The van der Waals surface area contributed by atoms with Crippen LogP contribution in [0.1, 0.15) is 57.2 Å². The molecule has 0 saturated carbocycles. The molecular formula is C23H34F2O2. The quantitative estimate of drug-likeness (QED) is 0.474. The van der Waals surface area contributed by atoms with Crippen LogP contribution in [0.15, 0.2) is 30.3 Å². The van der Waals surface area contributed by atoms with Crippen molar-refractivity contribution in [1.82, 2.24) is 0 Å². The molecule has 0 aliphatic rings. The summed E-state index contributed by atoms with van der Waals surface area (Å²) in [4.78, 5) is 0. The largest absolute Gasteiger partial charge is 0.493 e. The summed E-state index contributed by atoms with van der Waals surface area (Å²) in [6.07, 6.45) is 1.66. The molecule has 0 radical (unpaired) electrons. The molecule has 4 heteroatoms. The van der Waals surface area contributed by atoms with Crippen LogP contribution in [-0.2, 0) is 0 Å². The third kappa shape index (κ3) is 8.89. The van der Waals surface area contributed by atoms with Gasteiger partial charge in [-0.15, -0.1) is 0 Å². The van der Waals surface area contributed by atoms with Crippen molar-refractivity contribution in [1.29, 1.82) is 0 Å². The van der Waals surface area contributed by atoms with Crippen LogP contribution in [0.5, 0.6) is 11.5 Å². The molecule has 2 aromatic rings. The van der Waals surface area contributed by atoms with Crippen molar-refractivity contribution in [2.24, 2.45) is 0 Å². The fourth-order valence-corrected chi connectivity index (χ4v) is 2.46. The van der Waals surface area contributed by atoms with Gasteiger partial charge in [0, 0.05) is 0 Å². The summed E-state index contributed by atoms with van der Waals surface area (Å²) in [5.41, 5.74) is 2.40. The Labute approximate surface area is 163 Å². The molecule has 0 N–H and O–H groups in total. The zero-order valence-corrected chi connectivity index (χ0v) is 17.8. The minimum atomic E-state index is -0.256. The predicted octanol–water partition coefficient (Wildman–Crippen LogP) is 7.18. The summed E-state index contributed by atoms with van der Waals surface area (Å²) < 4.78 is 37.6. The van der Waals surface area contributed by atoms with E-state index in [1.807, 2.05) is 48.5 Å². The van der Waals surface area contributed by atoms with Gasteiger partial charge in [0.1, 0.15) is 23.1 Å². The van der Waals surface area contributed by atoms with E-state index < -0.39 is 0 Å². The maximum atomic E-state index is 13.2. The highest BCUT2D eigenvalue weighted by Crippen LogP contribution is 2.24. The molecule has 2 rings (SSSR count). The molecule has 2 nitrogen and oxygen atoms in total. The summed E-state index contributed by atoms with van der Waals surface area (Å²) in [6, 6.07) is 7.45. The standard InChI is InChI=1S/C19H22F2O2.2C2H6/c1-13-10-16(20)6-7-18(13)22-8-4-5-9-23-19-14(2)11-17(21)12-15(19)3;2*1-2/h6-7,10-12H,4-5,8-9H2,1-3H3;2*1-2H3. The second kappa shape index (κ2) is 14.0. The number of benzene rings is 2. The normalized spacial score (nSPS) is 9.52. The van der Waals surface area contributed by atoms with Crippen LogP contribution in [0.25, 0.3) is 0 Å². The van der Waals surface area contributed by atoms with Crippen LogP contribution < -0.4 is 9.47 Å². The predicted molar refractivity (Wildman–Crippen MR) is 110 cm³/mol. The summed E-state index contributed by atoms with van der Waals surface area (Å²) in [6.45, 7) is 14.6. The van der Waals surface area contributed by atoms with E-state index in [2.05, 4.69) is 0 Å². The molecule has 0 amide bonds. The molecule has 0 bridgehead atoms. The molecule has 0 unspecified atom stereocenters. The number of halogens is 2. The van der Waals surface area contributed by atoms with Crippen LogP contribution in [0.4, 0.5) is 8.78 Å². The second-order valence-electron chi connectivity index (χ2n) is 5.68. The first-order chi connectivity index (χ1) is 13.0. The Kier molecular flexibility index (Phi) is 12.9. The van der Waals surface area contributed by atoms with E-state index in [1.54, 1.807) is 6.07 Å². The Morgan fingerprint density at radius 2 is 1.15 bits per heavy atom. The number of hydrogen-bond donors (Lipinski definition) is 0. The molecule has 0 spiro atoms. The monoisotopic (exact) mass is 380 g/mol. The first-order valence-electron chi connectivity index (χ1n) is 9.76.